The second kappa shape index (κ2) is 12.5. The number of ether oxygens (including phenoxy) is 2. The van der Waals surface area contributed by atoms with Gasteiger partial charge in [-0.2, -0.15) is 26.3 Å². The Morgan fingerprint density at radius 1 is 1.04 bits per heavy atom. The van der Waals surface area contributed by atoms with Gasteiger partial charge in [-0.1, -0.05) is 33.8 Å². The number of carbonyl (C=O) groups is 2. The summed E-state index contributed by atoms with van der Waals surface area (Å²) in [6.45, 7) is 9.51. The first-order valence-electron chi connectivity index (χ1n) is 15.0. The van der Waals surface area contributed by atoms with Crippen molar-refractivity contribution in [1.82, 2.24) is 10.2 Å². The maximum atomic E-state index is 13.6. The van der Waals surface area contributed by atoms with Crippen LogP contribution in [0.15, 0.2) is 42.0 Å². The van der Waals surface area contributed by atoms with Gasteiger partial charge in [0.15, 0.2) is 0 Å². The SMILES string of the molecule is CNC(=O)C(C)(C)Cc1ccc(OC)c(C2=C(CN3C(=O)O[C@H](c4cc(C(F)(F)F)cc(C(F)(F)F)c4)[C@@H]3C)CC(C)(C)CC2)c1. The lowest BCUT2D eigenvalue weighted by molar-refractivity contribution is -0.143. The minimum atomic E-state index is -5.03. The highest BCUT2D eigenvalue weighted by Crippen LogP contribution is 2.47. The summed E-state index contributed by atoms with van der Waals surface area (Å²) in [4.78, 5) is 27.1. The van der Waals surface area contributed by atoms with Crippen LogP contribution in [0.3, 0.4) is 0 Å². The number of rotatable bonds is 8. The minimum Gasteiger partial charge on any atom is -0.496 e. The summed E-state index contributed by atoms with van der Waals surface area (Å²) in [7, 11) is 3.14. The van der Waals surface area contributed by atoms with Gasteiger partial charge in [0.05, 0.1) is 24.3 Å². The Hall–Kier alpha value is -3.70. The number of cyclic esters (lactones) is 1. The first-order chi connectivity index (χ1) is 21.2. The van der Waals surface area contributed by atoms with Crippen LogP contribution in [0.2, 0.25) is 0 Å². The van der Waals surface area contributed by atoms with Crippen molar-refractivity contribution in [1.29, 1.82) is 0 Å². The van der Waals surface area contributed by atoms with Crippen molar-refractivity contribution in [2.45, 2.75) is 84.8 Å². The molecule has 1 aliphatic carbocycles. The first kappa shape index (κ1) is 35.2. The lowest BCUT2D eigenvalue weighted by Gasteiger charge is -2.36. The highest BCUT2D eigenvalue weighted by Gasteiger charge is 2.44. The Morgan fingerprint density at radius 2 is 1.65 bits per heavy atom. The average molecular weight is 655 g/mol. The number of halogens is 6. The molecular weight excluding hydrogens is 614 g/mol. The molecule has 2 aliphatic rings. The Kier molecular flexibility index (Phi) is 9.54. The van der Waals surface area contributed by atoms with E-state index in [2.05, 4.69) is 19.2 Å². The molecular formula is C34H40F6N2O4. The molecule has 0 unspecified atom stereocenters. The number of methoxy groups -OCH3 is 1. The molecule has 0 spiro atoms. The van der Waals surface area contributed by atoms with Gasteiger partial charge < -0.3 is 14.8 Å². The van der Waals surface area contributed by atoms with Crippen LogP contribution in [0.25, 0.3) is 5.57 Å². The van der Waals surface area contributed by atoms with Crippen molar-refractivity contribution in [2.75, 3.05) is 20.7 Å². The van der Waals surface area contributed by atoms with E-state index in [4.69, 9.17) is 9.47 Å². The smallest absolute Gasteiger partial charge is 0.416 e. The maximum absolute atomic E-state index is 13.6. The third kappa shape index (κ3) is 7.47. The van der Waals surface area contributed by atoms with Gasteiger partial charge in [-0.3, -0.25) is 9.69 Å². The lowest BCUT2D eigenvalue weighted by Crippen LogP contribution is -2.36. The highest BCUT2D eigenvalue weighted by molar-refractivity contribution is 5.82. The number of nitrogens with one attached hydrogen (secondary N) is 1. The van der Waals surface area contributed by atoms with Crippen LogP contribution >= 0.6 is 0 Å². The van der Waals surface area contributed by atoms with Crippen LogP contribution in [0.5, 0.6) is 5.75 Å². The topological polar surface area (TPSA) is 67.9 Å². The molecule has 6 nitrogen and oxygen atoms in total. The van der Waals surface area contributed by atoms with Gasteiger partial charge >= 0.3 is 18.4 Å². The monoisotopic (exact) mass is 654 g/mol. The van der Waals surface area contributed by atoms with Gasteiger partial charge in [-0.25, -0.2) is 4.79 Å². The van der Waals surface area contributed by atoms with Crippen molar-refractivity contribution in [3.8, 4) is 5.75 Å². The summed E-state index contributed by atoms with van der Waals surface area (Å²) in [5.41, 5.74) is -0.598. The van der Waals surface area contributed by atoms with Gasteiger partial charge in [0.2, 0.25) is 5.91 Å². The molecule has 4 rings (SSSR count). The van der Waals surface area contributed by atoms with Crippen LogP contribution in [0, 0.1) is 10.8 Å². The number of alkyl halides is 6. The fraction of sp³-hybridized carbons (Fsp3) is 0.529. The number of amides is 2. The second-order valence-corrected chi connectivity index (χ2v) is 13.6. The number of hydrogen-bond donors (Lipinski definition) is 1. The number of nitrogens with zero attached hydrogens (tertiary/aromatic N) is 1. The van der Waals surface area contributed by atoms with E-state index in [1.54, 1.807) is 21.1 Å². The lowest BCUT2D eigenvalue weighted by atomic mass is 9.72. The van der Waals surface area contributed by atoms with Crippen LogP contribution in [-0.4, -0.2) is 43.6 Å². The zero-order valence-corrected chi connectivity index (χ0v) is 27.0. The summed E-state index contributed by atoms with van der Waals surface area (Å²) < 4.78 is 92.6. The van der Waals surface area contributed by atoms with E-state index in [1.165, 1.54) is 4.90 Å². The normalized spacial score (nSPS) is 20.5. The summed E-state index contributed by atoms with van der Waals surface area (Å²) >= 11 is 0. The van der Waals surface area contributed by atoms with Crippen molar-refractivity contribution >= 4 is 17.6 Å². The van der Waals surface area contributed by atoms with Crippen molar-refractivity contribution in [2.24, 2.45) is 10.8 Å². The average Bonchev–Trinajstić information content (AvgIpc) is 3.23. The molecule has 1 N–H and O–H groups in total. The molecule has 1 saturated heterocycles. The predicted octanol–water partition coefficient (Wildman–Crippen LogP) is 8.59. The van der Waals surface area contributed by atoms with Crippen molar-refractivity contribution < 1.29 is 45.4 Å². The summed E-state index contributed by atoms with van der Waals surface area (Å²) in [5, 5.41) is 2.69. The third-order valence-electron chi connectivity index (χ3n) is 8.94. The van der Waals surface area contributed by atoms with E-state index in [1.807, 2.05) is 32.0 Å². The molecule has 2 aromatic carbocycles. The van der Waals surface area contributed by atoms with Crippen LogP contribution in [0.1, 0.15) is 87.8 Å². The summed E-state index contributed by atoms with van der Waals surface area (Å²) in [6, 6.07) is 6.13. The van der Waals surface area contributed by atoms with Crippen LogP contribution in [0.4, 0.5) is 31.1 Å². The molecule has 1 heterocycles. The molecule has 2 aromatic rings. The molecule has 1 fully saturated rings. The minimum absolute atomic E-state index is 0.0567. The largest absolute Gasteiger partial charge is 0.496 e. The molecule has 12 heteroatoms. The molecule has 1 aliphatic heterocycles. The van der Waals surface area contributed by atoms with Gasteiger partial charge in [0, 0.05) is 24.6 Å². The first-order valence-corrected chi connectivity index (χ1v) is 15.0. The Labute approximate surface area is 265 Å². The molecule has 0 aromatic heterocycles. The zero-order valence-electron chi connectivity index (χ0n) is 27.0. The van der Waals surface area contributed by atoms with E-state index in [-0.39, 0.29) is 29.5 Å². The number of hydrogen-bond acceptors (Lipinski definition) is 4. The molecule has 46 heavy (non-hydrogen) atoms. The van der Waals surface area contributed by atoms with E-state index in [0.29, 0.717) is 37.1 Å². The van der Waals surface area contributed by atoms with E-state index in [9.17, 15) is 35.9 Å². The Bertz CT molecular complexity index is 1490. The fourth-order valence-corrected chi connectivity index (χ4v) is 6.43. The quantitative estimate of drug-likeness (QED) is 0.290. The van der Waals surface area contributed by atoms with E-state index in [0.717, 1.165) is 28.7 Å². The molecule has 0 bridgehead atoms. The van der Waals surface area contributed by atoms with Gasteiger partial charge in [0.1, 0.15) is 11.9 Å². The zero-order chi connectivity index (χ0) is 34.4. The molecule has 0 radical (unpaired) electrons. The molecule has 2 atom stereocenters. The third-order valence-corrected chi connectivity index (χ3v) is 8.94. The van der Waals surface area contributed by atoms with Crippen molar-refractivity contribution in [3.05, 3.63) is 69.8 Å². The van der Waals surface area contributed by atoms with Crippen LogP contribution in [-0.2, 0) is 28.3 Å². The van der Waals surface area contributed by atoms with E-state index < -0.39 is 47.1 Å². The van der Waals surface area contributed by atoms with Gasteiger partial charge in [-0.05, 0) is 90.6 Å². The fourth-order valence-electron chi connectivity index (χ4n) is 6.43. The highest BCUT2D eigenvalue weighted by atomic mass is 19.4. The van der Waals surface area contributed by atoms with Gasteiger partial charge in [0.25, 0.3) is 0 Å². The Balaban J connectivity index is 1.74. The van der Waals surface area contributed by atoms with E-state index >= 15 is 0 Å². The Morgan fingerprint density at radius 3 is 2.20 bits per heavy atom. The molecule has 0 saturated carbocycles. The number of carbonyl (C=O) groups excluding carboxylic acids is 2. The summed E-state index contributed by atoms with van der Waals surface area (Å²) in [5.74, 6) is 0.496. The second-order valence-electron chi connectivity index (χ2n) is 13.6. The number of benzene rings is 2. The molecule has 2 amide bonds. The predicted molar refractivity (Wildman–Crippen MR) is 161 cm³/mol. The van der Waals surface area contributed by atoms with Crippen molar-refractivity contribution in [3.63, 3.8) is 0 Å². The molecule has 252 valence electrons. The standard InChI is InChI=1S/C34H40F6N2O4/c1-19-28(21-13-23(33(35,36)37)15-24(14-21)34(38,39)40)46-30(44)42(19)18-22-17-31(2,3)11-10-25(22)26-12-20(8-9-27(26)45-7)16-32(4,5)29(43)41-6/h8-9,12-15,19,28H,10-11,16-18H2,1-7H3,(H,41,43)/t19-,28-/m0/s1. The number of allylic oxidation sites excluding steroid dienone is 1. The summed E-state index contributed by atoms with van der Waals surface area (Å²) in [6.07, 6.45) is -9.72. The maximum Gasteiger partial charge on any atom is 0.416 e. The van der Waals surface area contributed by atoms with Crippen LogP contribution < -0.4 is 10.1 Å². The van der Waals surface area contributed by atoms with Gasteiger partial charge in [-0.15, -0.1) is 0 Å².